The minimum atomic E-state index is 0.382. The van der Waals surface area contributed by atoms with Gasteiger partial charge >= 0.3 is 33.2 Å². The van der Waals surface area contributed by atoms with Crippen LogP contribution in [0, 0.1) is 0 Å². The molecule has 0 spiro atoms. The summed E-state index contributed by atoms with van der Waals surface area (Å²) in [4.78, 5) is 0. The maximum atomic E-state index is 5.27. The molecule has 0 aliphatic carbocycles. The summed E-state index contributed by atoms with van der Waals surface area (Å²) >= 11 is 0.382. The molecule has 84 valence electrons. The second kappa shape index (κ2) is 18.7. The SMILES string of the molecule is NCCNCCNCCN.[Cl][Co+][Cl]. The number of nitrogens with two attached hydrogens (primary N) is 2. The van der Waals surface area contributed by atoms with E-state index in [-0.39, 0.29) is 0 Å². The monoisotopic (exact) mass is 275 g/mol. The zero-order chi connectivity index (χ0) is 10.4. The van der Waals surface area contributed by atoms with E-state index in [9.17, 15) is 0 Å². The van der Waals surface area contributed by atoms with Crippen molar-refractivity contribution in [2.24, 2.45) is 11.5 Å². The molecule has 0 aliphatic rings. The van der Waals surface area contributed by atoms with Crippen molar-refractivity contribution >= 4 is 20.3 Å². The van der Waals surface area contributed by atoms with Crippen LogP contribution in [0.25, 0.3) is 0 Å². The first-order chi connectivity index (χ1) is 6.33. The Morgan fingerprint density at radius 3 is 1.38 bits per heavy atom. The molecule has 0 bridgehead atoms. The number of hydrogen-bond donors (Lipinski definition) is 4. The van der Waals surface area contributed by atoms with Crippen LogP contribution in [0.1, 0.15) is 0 Å². The topological polar surface area (TPSA) is 76.1 Å². The molecule has 0 saturated carbocycles. The van der Waals surface area contributed by atoms with Crippen molar-refractivity contribution in [1.29, 1.82) is 0 Å². The van der Waals surface area contributed by atoms with E-state index in [0.29, 0.717) is 26.0 Å². The van der Waals surface area contributed by atoms with Crippen LogP contribution in [0.2, 0.25) is 0 Å². The van der Waals surface area contributed by atoms with Crippen molar-refractivity contribution in [2.45, 2.75) is 0 Å². The normalized spacial score (nSPS) is 9.54. The van der Waals surface area contributed by atoms with Crippen molar-refractivity contribution < 1.29 is 12.9 Å². The number of hydrogen-bond acceptors (Lipinski definition) is 4. The molecule has 0 aromatic rings. The molecular weight excluding hydrogens is 258 g/mol. The van der Waals surface area contributed by atoms with Gasteiger partial charge in [-0.25, -0.2) is 0 Å². The fraction of sp³-hybridized carbons (Fsp3) is 1.00. The van der Waals surface area contributed by atoms with E-state index in [1.165, 1.54) is 0 Å². The summed E-state index contributed by atoms with van der Waals surface area (Å²) in [5.41, 5.74) is 10.5. The van der Waals surface area contributed by atoms with E-state index < -0.39 is 0 Å². The van der Waals surface area contributed by atoms with Crippen molar-refractivity contribution in [1.82, 2.24) is 10.6 Å². The first-order valence-corrected chi connectivity index (χ1v) is 6.85. The molecule has 0 unspecified atom stereocenters. The van der Waals surface area contributed by atoms with Gasteiger partial charge in [-0.05, 0) is 0 Å². The van der Waals surface area contributed by atoms with Crippen molar-refractivity contribution in [3.63, 3.8) is 0 Å². The minimum absolute atomic E-state index is 0.382. The van der Waals surface area contributed by atoms with Gasteiger partial charge in [0.1, 0.15) is 0 Å². The van der Waals surface area contributed by atoms with Gasteiger partial charge in [0, 0.05) is 39.3 Å². The second-order valence-corrected chi connectivity index (χ2v) is 3.84. The summed E-state index contributed by atoms with van der Waals surface area (Å²) in [6, 6.07) is 0. The van der Waals surface area contributed by atoms with E-state index in [1.54, 1.807) is 0 Å². The van der Waals surface area contributed by atoms with Gasteiger partial charge in [0.2, 0.25) is 0 Å². The molecule has 0 aromatic carbocycles. The predicted molar refractivity (Wildman–Crippen MR) is 55.6 cm³/mol. The van der Waals surface area contributed by atoms with E-state index in [0.717, 1.165) is 26.2 Å². The van der Waals surface area contributed by atoms with E-state index in [2.05, 4.69) is 10.6 Å². The van der Waals surface area contributed by atoms with Gasteiger partial charge in [0.05, 0.1) is 0 Å². The molecular formula is C6H18Cl2CoN4+. The van der Waals surface area contributed by atoms with E-state index in [4.69, 9.17) is 31.8 Å². The average Bonchev–Trinajstić information content (AvgIpc) is 2.13. The Morgan fingerprint density at radius 2 is 1.15 bits per heavy atom. The third-order valence-corrected chi connectivity index (χ3v) is 1.12. The van der Waals surface area contributed by atoms with Gasteiger partial charge in [-0.15, -0.1) is 0 Å². The molecule has 0 rings (SSSR count). The third-order valence-electron chi connectivity index (χ3n) is 1.12. The Balaban J connectivity index is 0. The number of rotatable bonds is 7. The third kappa shape index (κ3) is 24.6. The van der Waals surface area contributed by atoms with Gasteiger partial charge in [-0.3, -0.25) is 0 Å². The van der Waals surface area contributed by atoms with Crippen LogP contribution in [-0.2, 0) is 12.9 Å². The van der Waals surface area contributed by atoms with Gasteiger partial charge < -0.3 is 22.1 Å². The molecule has 0 aromatic heterocycles. The Morgan fingerprint density at radius 1 is 0.846 bits per heavy atom. The van der Waals surface area contributed by atoms with Crippen LogP contribution in [-0.4, -0.2) is 39.3 Å². The Labute approximate surface area is 94.6 Å². The summed E-state index contributed by atoms with van der Waals surface area (Å²) in [6.45, 7) is 5.14. The molecule has 0 atom stereocenters. The van der Waals surface area contributed by atoms with Gasteiger partial charge in [-0.2, -0.15) is 0 Å². The van der Waals surface area contributed by atoms with E-state index in [1.807, 2.05) is 0 Å². The molecule has 0 amide bonds. The van der Waals surface area contributed by atoms with Crippen LogP contribution >= 0.6 is 20.3 Å². The molecule has 0 fully saturated rings. The van der Waals surface area contributed by atoms with Crippen molar-refractivity contribution in [2.75, 3.05) is 39.3 Å². The molecule has 4 nitrogen and oxygen atoms in total. The average molecular weight is 276 g/mol. The van der Waals surface area contributed by atoms with Crippen LogP contribution < -0.4 is 22.1 Å². The molecule has 0 heterocycles. The Bertz CT molecular complexity index is 71.7. The van der Waals surface area contributed by atoms with Crippen molar-refractivity contribution in [3.05, 3.63) is 0 Å². The summed E-state index contributed by atoms with van der Waals surface area (Å²) in [5, 5.41) is 6.33. The summed E-state index contributed by atoms with van der Waals surface area (Å²) in [7, 11) is 9.47. The fourth-order valence-corrected chi connectivity index (χ4v) is 0.631. The fourth-order valence-electron chi connectivity index (χ4n) is 0.631. The molecule has 0 saturated heterocycles. The Kier molecular flexibility index (Phi) is 23.5. The summed E-state index contributed by atoms with van der Waals surface area (Å²) < 4.78 is 0. The quantitative estimate of drug-likeness (QED) is 0.471. The zero-order valence-electron chi connectivity index (χ0n) is 7.49. The summed E-state index contributed by atoms with van der Waals surface area (Å²) in [6.07, 6.45) is 0. The standard InChI is InChI=1S/C6H18N4.2ClH.Co/c7-1-3-9-5-6-10-4-2-8;;;/h9-10H,1-8H2;2*1H;/q;;;+3/p-2. The molecule has 13 heavy (non-hydrogen) atoms. The van der Waals surface area contributed by atoms with Crippen molar-refractivity contribution in [3.8, 4) is 0 Å². The van der Waals surface area contributed by atoms with Crippen LogP contribution in [0.5, 0.6) is 0 Å². The molecule has 0 aliphatic heterocycles. The molecule has 6 N–H and O–H groups in total. The van der Waals surface area contributed by atoms with Gasteiger partial charge in [0.25, 0.3) is 0 Å². The number of nitrogens with one attached hydrogen (secondary N) is 2. The molecule has 7 heteroatoms. The Hall–Kier alpha value is 0.926. The van der Waals surface area contributed by atoms with Crippen LogP contribution in [0.15, 0.2) is 0 Å². The zero-order valence-corrected chi connectivity index (χ0v) is 10.0. The van der Waals surface area contributed by atoms with Gasteiger partial charge in [-0.1, -0.05) is 0 Å². The maximum absolute atomic E-state index is 5.27. The second-order valence-electron chi connectivity index (χ2n) is 2.12. The van der Waals surface area contributed by atoms with E-state index >= 15 is 0 Å². The van der Waals surface area contributed by atoms with Gasteiger partial charge in [0.15, 0.2) is 0 Å². The summed E-state index contributed by atoms with van der Waals surface area (Å²) in [5.74, 6) is 0. The molecule has 0 radical (unpaired) electrons. The van der Waals surface area contributed by atoms with Crippen LogP contribution in [0.4, 0.5) is 0 Å². The number of halogens is 2. The first kappa shape index (κ1) is 16.4. The predicted octanol–water partition coefficient (Wildman–Crippen LogP) is -0.540. The first-order valence-electron chi connectivity index (χ1n) is 3.98. The van der Waals surface area contributed by atoms with Crippen LogP contribution in [0.3, 0.4) is 0 Å².